The summed E-state index contributed by atoms with van der Waals surface area (Å²) in [6.45, 7) is 2.90. The molecule has 0 aliphatic rings. The fraction of sp³-hybridized carbons (Fsp3) is 0.182. The van der Waals surface area contributed by atoms with Crippen molar-refractivity contribution in [2.45, 2.75) is 70.3 Å². The zero-order valence-electron chi connectivity index (χ0n) is 55.1. The second-order valence-corrected chi connectivity index (χ2v) is 22.0. The van der Waals surface area contributed by atoms with Crippen molar-refractivity contribution in [1.29, 1.82) is 0 Å². The standard InChI is InChI=1S/C18H25F6N.4C12F10.Al.H2O.O/c1-3-5-6-10-13-16(19,20)17(21,22)18(23,24)25(14-4-2)15-11-8-7-9-12-15;4*13-3-1(4(14)8(18)11(21)7(3)17)2-5(15)9(19)12(22)10(20)6(2)16;;;/h7-9,11-12H,3-6,10,13-14H2,1-2H3;;;;;;1H2;/q;;;;;+1;;/p-1. The second-order valence-electron chi connectivity index (χ2n) is 21.8. The second kappa shape index (κ2) is 38.6. The van der Waals surface area contributed by atoms with Crippen LogP contribution in [0.2, 0.25) is 0 Å². The average Bonchev–Trinajstić information content (AvgIpc) is 0.788. The fourth-order valence-electron chi connectivity index (χ4n) is 9.18. The Labute approximate surface area is 619 Å². The number of hydrogen-bond acceptors (Lipinski definition) is 2. The molecular formula is C66H26AlF46NO2. The summed E-state index contributed by atoms with van der Waals surface area (Å²) in [5.74, 6) is -117. The number of anilines is 1. The van der Waals surface area contributed by atoms with Crippen LogP contribution < -0.4 is 4.90 Å². The van der Waals surface area contributed by atoms with Crippen LogP contribution in [0.5, 0.6) is 0 Å². The Morgan fingerprint density at radius 3 is 0.552 bits per heavy atom. The summed E-state index contributed by atoms with van der Waals surface area (Å²) in [6.07, 6.45) is 0.282. The molecule has 1 N–H and O–H groups in total. The van der Waals surface area contributed by atoms with Crippen LogP contribution in [0.4, 0.5) is 208 Å². The molecule has 116 heavy (non-hydrogen) atoms. The third kappa shape index (κ3) is 18.4. The summed E-state index contributed by atoms with van der Waals surface area (Å²) < 4.78 is 626. The van der Waals surface area contributed by atoms with Gasteiger partial charge in [0.15, 0.2) is 186 Å². The first-order chi connectivity index (χ1) is 53.5. The Bertz CT molecular complexity index is 4190. The van der Waals surface area contributed by atoms with E-state index < -0.39 is 324 Å². The molecule has 0 unspecified atom stereocenters. The molecule has 632 valence electrons. The summed E-state index contributed by atoms with van der Waals surface area (Å²) in [5, 5.41) is 0. The Morgan fingerprint density at radius 1 is 0.250 bits per heavy atom. The SMILES string of the molecule is CCCCCCC(F)(F)C(F)(F)C(F)(F)N(CCC)c1ccccc1.Fc1c(F)c(F)c(-c2c(F)c(F)c(F)c(F)c2F)c(F)c1F.Fc1c(F)c(F)c(-c2c(F)c(F)c(F)c(F)c2F)c(F)c1F.Fc1c(F)c(F)c(-c2c(F)c(F)c(F)c(F)c2F)c(F)c1F.Fc1c(F)c(F)c(-c2c(F)c(F)c(F)c(F)c2F)c(F)c1F.[O]=[Al][OH]. The number of halogens is 46. The molecule has 0 spiro atoms. The molecule has 0 aliphatic heterocycles. The van der Waals surface area contributed by atoms with E-state index in [4.69, 9.17) is 7.96 Å². The molecule has 0 bridgehead atoms. The topological polar surface area (TPSA) is 40.5 Å². The van der Waals surface area contributed by atoms with Crippen molar-refractivity contribution in [1.82, 2.24) is 0 Å². The Kier molecular flexibility index (Phi) is 32.7. The molecule has 9 rings (SSSR count). The normalized spacial score (nSPS) is 11.4. The van der Waals surface area contributed by atoms with Gasteiger partial charge in [-0.15, -0.1) is 0 Å². The van der Waals surface area contributed by atoms with Crippen molar-refractivity contribution in [2.75, 3.05) is 11.4 Å². The first kappa shape index (κ1) is 98.1. The van der Waals surface area contributed by atoms with Crippen molar-refractivity contribution in [3.63, 3.8) is 0 Å². The molecule has 3 nitrogen and oxygen atoms in total. The molecular weight excluding hydrogens is 1740 g/mol. The minimum absolute atomic E-state index is 0.0763. The minimum atomic E-state index is -5.47. The molecule has 0 saturated carbocycles. The molecule has 0 saturated heterocycles. The van der Waals surface area contributed by atoms with Crippen molar-refractivity contribution >= 4 is 21.2 Å². The van der Waals surface area contributed by atoms with E-state index in [1.165, 1.54) is 37.3 Å². The summed E-state index contributed by atoms with van der Waals surface area (Å²) in [7, 11) is 0. The first-order valence-electron chi connectivity index (χ1n) is 29.6. The summed E-state index contributed by atoms with van der Waals surface area (Å²) in [5.41, 5.74) is -18.3. The quantitative estimate of drug-likeness (QED) is 0.0278. The predicted molar refractivity (Wildman–Crippen MR) is 302 cm³/mol. The van der Waals surface area contributed by atoms with Gasteiger partial charge in [0, 0.05) is 18.7 Å². The van der Waals surface area contributed by atoms with Crippen molar-refractivity contribution in [3.8, 4) is 44.5 Å². The molecule has 0 amide bonds. The van der Waals surface area contributed by atoms with Crippen LogP contribution in [-0.2, 0) is 3.80 Å². The first-order valence-corrected chi connectivity index (χ1v) is 30.6. The predicted octanol–water partition coefficient (Wildman–Crippen LogP) is 24.7. The molecule has 0 radical (unpaired) electrons. The number of para-hydroxylation sites is 1. The van der Waals surface area contributed by atoms with Gasteiger partial charge >= 0.3 is 41.3 Å². The van der Waals surface area contributed by atoms with Crippen molar-refractivity contribution < 1.29 is 210 Å². The molecule has 0 heterocycles. The van der Waals surface area contributed by atoms with Gasteiger partial charge < -0.3 is 4.90 Å². The van der Waals surface area contributed by atoms with E-state index in [0.717, 1.165) is 6.42 Å². The average molecular weight is 1770 g/mol. The van der Waals surface area contributed by atoms with Crippen LogP contribution in [0.15, 0.2) is 30.3 Å². The summed E-state index contributed by atoms with van der Waals surface area (Å²) in [4.78, 5) is 0.0763. The van der Waals surface area contributed by atoms with Gasteiger partial charge in [0.2, 0.25) is 46.5 Å². The third-order valence-electron chi connectivity index (χ3n) is 14.7. The van der Waals surface area contributed by atoms with Crippen LogP contribution in [0.1, 0.15) is 52.4 Å². The monoisotopic (exact) mass is 1770 g/mol. The Balaban J connectivity index is 0.000000303. The van der Waals surface area contributed by atoms with E-state index in [0.29, 0.717) is 12.8 Å². The number of hydrogen-bond donors (Lipinski definition) is 1. The van der Waals surface area contributed by atoms with Gasteiger partial charge in [-0.2, -0.15) is 26.3 Å². The van der Waals surface area contributed by atoms with Crippen LogP contribution in [-0.4, -0.2) is 44.1 Å². The number of alkyl halides is 6. The van der Waals surface area contributed by atoms with Gasteiger partial charge in [-0.05, 0) is 25.0 Å². The van der Waals surface area contributed by atoms with E-state index in [9.17, 15) is 202 Å². The van der Waals surface area contributed by atoms with Gasteiger partial charge in [-0.25, -0.2) is 176 Å². The fourth-order valence-corrected chi connectivity index (χ4v) is 9.18. The molecule has 50 heteroatoms. The molecule has 0 atom stereocenters. The summed E-state index contributed by atoms with van der Waals surface area (Å²) >= 11 is -1.50. The Morgan fingerprint density at radius 2 is 0.405 bits per heavy atom. The van der Waals surface area contributed by atoms with E-state index in [1.807, 2.05) is 6.92 Å². The molecule has 0 fully saturated rings. The zero-order valence-corrected chi connectivity index (χ0v) is 56.3. The number of rotatable bonds is 15. The van der Waals surface area contributed by atoms with Gasteiger partial charge in [0.05, 0.1) is 44.5 Å². The number of unbranched alkanes of at least 4 members (excludes halogenated alkanes) is 3. The van der Waals surface area contributed by atoms with Gasteiger partial charge in [0.1, 0.15) is 0 Å². The van der Waals surface area contributed by atoms with E-state index in [-0.39, 0.29) is 23.4 Å². The maximum atomic E-state index is 14.5. The molecule has 0 aliphatic carbocycles. The number of nitrogens with zero attached hydrogens (tertiary/aromatic N) is 1. The molecule has 0 aromatic heterocycles. The molecule has 9 aromatic carbocycles. The van der Waals surface area contributed by atoms with Gasteiger partial charge in [0.25, 0.3) is 0 Å². The zero-order chi connectivity index (χ0) is 89.6. The van der Waals surface area contributed by atoms with Crippen LogP contribution in [0.3, 0.4) is 0 Å². The van der Waals surface area contributed by atoms with E-state index >= 15 is 0 Å². The van der Waals surface area contributed by atoms with E-state index in [1.54, 1.807) is 0 Å². The summed E-state index contributed by atoms with van der Waals surface area (Å²) in [6, 6.07) is 1.74. The van der Waals surface area contributed by atoms with Gasteiger partial charge in [-0.3, -0.25) is 0 Å². The third-order valence-corrected chi connectivity index (χ3v) is 14.7. The van der Waals surface area contributed by atoms with Crippen LogP contribution in [0, 0.1) is 233 Å². The van der Waals surface area contributed by atoms with Crippen molar-refractivity contribution in [2.24, 2.45) is 0 Å². The van der Waals surface area contributed by atoms with Gasteiger partial charge in [-0.1, -0.05) is 51.3 Å². The maximum absolute atomic E-state index is 14.5. The Hall–Kier alpha value is -10.3. The van der Waals surface area contributed by atoms with Crippen molar-refractivity contribution in [3.05, 3.63) is 263 Å². The molecule has 9 aromatic rings. The van der Waals surface area contributed by atoms with Crippen LogP contribution >= 0.6 is 0 Å². The van der Waals surface area contributed by atoms with Crippen LogP contribution in [0.25, 0.3) is 44.5 Å². The van der Waals surface area contributed by atoms with E-state index in [2.05, 4.69) is 0 Å². The number of benzene rings is 9.